The van der Waals surface area contributed by atoms with E-state index in [0.717, 1.165) is 55.2 Å². The maximum absolute atomic E-state index is 13.7. The standard InChI is InChI=1S/C27H36O5S/c1-4-7-22-14-19(2)27(20(3)15-22)33(30,31)18-24-13-11-21(16-32-17-26(28)29)10-12-23-8-5-6-9-25(23)24/h5-6,8-9,14-15,21,24H,4,7,10-13,16-18H2,1-3H3,(H,28,29). The highest BCUT2D eigenvalue weighted by atomic mass is 32.2. The summed E-state index contributed by atoms with van der Waals surface area (Å²) >= 11 is 0. The Morgan fingerprint density at radius 2 is 1.79 bits per heavy atom. The zero-order valence-electron chi connectivity index (χ0n) is 20.0. The number of hydrogen-bond donors (Lipinski definition) is 1. The molecule has 180 valence electrons. The summed E-state index contributed by atoms with van der Waals surface area (Å²) in [6, 6.07) is 12.2. The van der Waals surface area contributed by atoms with E-state index in [2.05, 4.69) is 19.1 Å². The summed E-state index contributed by atoms with van der Waals surface area (Å²) in [6.45, 7) is 6.03. The number of aliphatic carboxylic acids is 1. The van der Waals surface area contributed by atoms with Gasteiger partial charge in [0.2, 0.25) is 0 Å². The van der Waals surface area contributed by atoms with Crippen molar-refractivity contribution in [2.75, 3.05) is 19.0 Å². The van der Waals surface area contributed by atoms with E-state index < -0.39 is 15.8 Å². The molecule has 2 atom stereocenters. The van der Waals surface area contributed by atoms with Gasteiger partial charge in [0.05, 0.1) is 17.3 Å². The number of ether oxygens (including phenoxy) is 1. The Morgan fingerprint density at radius 1 is 1.09 bits per heavy atom. The largest absolute Gasteiger partial charge is 0.480 e. The van der Waals surface area contributed by atoms with Gasteiger partial charge >= 0.3 is 5.97 Å². The van der Waals surface area contributed by atoms with Gasteiger partial charge in [-0.05, 0) is 85.6 Å². The predicted molar refractivity (Wildman–Crippen MR) is 131 cm³/mol. The fraction of sp³-hybridized carbons (Fsp3) is 0.519. The lowest BCUT2D eigenvalue weighted by molar-refractivity contribution is -0.142. The van der Waals surface area contributed by atoms with Crippen LogP contribution in [0, 0.1) is 19.8 Å². The van der Waals surface area contributed by atoms with Crippen molar-refractivity contribution in [2.24, 2.45) is 5.92 Å². The van der Waals surface area contributed by atoms with Crippen LogP contribution in [0.25, 0.3) is 0 Å². The molecule has 5 nitrogen and oxygen atoms in total. The van der Waals surface area contributed by atoms with Gasteiger partial charge < -0.3 is 9.84 Å². The van der Waals surface area contributed by atoms with Gasteiger partial charge in [0.15, 0.2) is 9.84 Å². The Balaban J connectivity index is 1.86. The molecule has 2 unspecified atom stereocenters. The van der Waals surface area contributed by atoms with Crippen LogP contribution in [0.1, 0.15) is 66.3 Å². The lowest BCUT2D eigenvalue weighted by atomic mass is 9.82. The van der Waals surface area contributed by atoms with Gasteiger partial charge in [0.1, 0.15) is 6.61 Å². The molecule has 3 rings (SSSR count). The van der Waals surface area contributed by atoms with Crippen LogP contribution in [0.3, 0.4) is 0 Å². The molecule has 6 heteroatoms. The van der Waals surface area contributed by atoms with Crippen LogP contribution in [-0.4, -0.2) is 38.5 Å². The molecule has 0 aliphatic heterocycles. The quantitative estimate of drug-likeness (QED) is 0.539. The number of fused-ring (bicyclic) bond motifs is 1. The van der Waals surface area contributed by atoms with Crippen molar-refractivity contribution in [3.8, 4) is 0 Å². The molecule has 33 heavy (non-hydrogen) atoms. The third-order valence-corrected chi connectivity index (χ3v) is 8.72. The molecule has 0 heterocycles. The Labute approximate surface area is 198 Å². The number of benzene rings is 2. The van der Waals surface area contributed by atoms with E-state index in [-0.39, 0.29) is 24.2 Å². The molecular formula is C27H36O5S. The number of carbonyl (C=O) groups is 1. The average Bonchev–Trinajstić information content (AvgIpc) is 2.72. The van der Waals surface area contributed by atoms with E-state index in [1.54, 1.807) is 0 Å². The van der Waals surface area contributed by atoms with Crippen molar-refractivity contribution < 1.29 is 23.1 Å². The summed E-state index contributed by atoms with van der Waals surface area (Å²) in [5, 5.41) is 8.85. The predicted octanol–water partition coefficient (Wildman–Crippen LogP) is 5.26. The minimum atomic E-state index is -3.48. The van der Waals surface area contributed by atoms with Crippen LogP contribution < -0.4 is 0 Å². The summed E-state index contributed by atoms with van der Waals surface area (Å²) in [5.74, 6) is -0.755. The first kappa shape index (κ1) is 25.4. The molecule has 1 N–H and O–H groups in total. The second kappa shape index (κ2) is 11.3. The van der Waals surface area contributed by atoms with E-state index in [4.69, 9.17) is 9.84 Å². The molecule has 0 radical (unpaired) electrons. The van der Waals surface area contributed by atoms with E-state index in [1.165, 1.54) is 11.1 Å². The van der Waals surface area contributed by atoms with Crippen LogP contribution >= 0.6 is 0 Å². The van der Waals surface area contributed by atoms with Crippen LogP contribution in [0.4, 0.5) is 0 Å². The summed E-state index contributed by atoms with van der Waals surface area (Å²) < 4.78 is 32.7. The molecule has 2 aromatic rings. The molecule has 0 saturated carbocycles. The maximum atomic E-state index is 13.7. The second-order valence-electron chi connectivity index (χ2n) is 9.38. The molecule has 0 aromatic heterocycles. The van der Waals surface area contributed by atoms with Crippen LogP contribution in [-0.2, 0) is 32.2 Å². The summed E-state index contributed by atoms with van der Waals surface area (Å²) in [4.78, 5) is 11.3. The summed E-state index contributed by atoms with van der Waals surface area (Å²) in [5.41, 5.74) is 5.17. The minimum absolute atomic E-state index is 0.0848. The van der Waals surface area contributed by atoms with Crippen molar-refractivity contribution in [2.45, 2.75) is 70.1 Å². The van der Waals surface area contributed by atoms with Crippen LogP contribution in [0.5, 0.6) is 0 Å². The molecule has 0 saturated heterocycles. The van der Waals surface area contributed by atoms with Gasteiger partial charge in [-0.15, -0.1) is 0 Å². The first-order valence-corrected chi connectivity index (χ1v) is 13.6. The molecule has 0 fully saturated rings. The van der Waals surface area contributed by atoms with Crippen molar-refractivity contribution in [3.05, 3.63) is 64.2 Å². The number of aryl methyl sites for hydroxylation is 4. The highest BCUT2D eigenvalue weighted by Crippen LogP contribution is 2.35. The fourth-order valence-corrected chi connectivity index (χ4v) is 7.36. The van der Waals surface area contributed by atoms with E-state index in [9.17, 15) is 13.2 Å². The highest BCUT2D eigenvalue weighted by molar-refractivity contribution is 7.91. The highest BCUT2D eigenvalue weighted by Gasteiger charge is 2.29. The Hall–Kier alpha value is -2.18. The number of carboxylic acids is 1. The Bertz CT molecular complexity index is 1050. The topological polar surface area (TPSA) is 80.7 Å². The number of hydrogen-bond acceptors (Lipinski definition) is 4. The van der Waals surface area contributed by atoms with Gasteiger partial charge in [0.25, 0.3) is 0 Å². The first-order chi connectivity index (χ1) is 15.7. The normalized spacial score (nSPS) is 18.9. The fourth-order valence-electron chi connectivity index (χ4n) is 5.22. The average molecular weight is 473 g/mol. The molecule has 0 bridgehead atoms. The van der Waals surface area contributed by atoms with E-state index in [1.807, 2.05) is 38.1 Å². The number of rotatable bonds is 9. The SMILES string of the molecule is CCCc1cc(C)c(S(=O)(=O)CC2CCC(COCC(=O)O)CCc3ccccc32)c(C)c1. The minimum Gasteiger partial charge on any atom is -0.480 e. The zero-order valence-corrected chi connectivity index (χ0v) is 20.8. The molecule has 0 spiro atoms. The summed E-state index contributed by atoms with van der Waals surface area (Å²) in [6.07, 6.45) is 5.29. The van der Waals surface area contributed by atoms with Gasteiger partial charge in [-0.3, -0.25) is 0 Å². The maximum Gasteiger partial charge on any atom is 0.329 e. The van der Waals surface area contributed by atoms with Gasteiger partial charge in [-0.2, -0.15) is 0 Å². The molecule has 1 aliphatic rings. The third kappa shape index (κ3) is 6.67. The van der Waals surface area contributed by atoms with Crippen molar-refractivity contribution in [1.29, 1.82) is 0 Å². The van der Waals surface area contributed by atoms with Gasteiger partial charge in [-0.25, -0.2) is 13.2 Å². The third-order valence-electron chi connectivity index (χ3n) is 6.61. The monoisotopic (exact) mass is 472 g/mol. The molecular weight excluding hydrogens is 436 g/mol. The van der Waals surface area contributed by atoms with Crippen molar-refractivity contribution >= 4 is 15.8 Å². The van der Waals surface area contributed by atoms with Crippen molar-refractivity contribution in [1.82, 2.24) is 0 Å². The zero-order chi connectivity index (χ0) is 24.0. The van der Waals surface area contributed by atoms with Gasteiger partial charge in [-0.1, -0.05) is 49.7 Å². The lowest BCUT2D eigenvalue weighted by Gasteiger charge is -2.27. The lowest BCUT2D eigenvalue weighted by Crippen LogP contribution is -2.23. The first-order valence-electron chi connectivity index (χ1n) is 11.9. The Kier molecular flexibility index (Phi) is 8.71. The molecule has 1 aliphatic carbocycles. The van der Waals surface area contributed by atoms with E-state index in [0.29, 0.717) is 11.5 Å². The smallest absolute Gasteiger partial charge is 0.329 e. The Morgan fingerprint density at radius 3 is 2.45 bits per heavy atom. The van der Waals surface area contributed by atoms with E-state index >= 15 is 0 Å². The van der Waals surface area contributed by atoms with Gasteiger partial charge in [0, 0.05) is 0 Å². The second-order valence-corrected chi connectivity index (χ2v) is 11.3. The molecule has 2 aromatic carbocycles. The molecule has 0 amide bonds. The number of carboxylic acid groups (broad SMARTS) is 1. The summed E-state index contributed by atoms with van der Waals surface area (Å²) in [7, 11) is -3.48. The number of sulfone groups is 1. The van der Waals surface area contributed by atoms with Crippen LogP contribution in [0.2, 0.25) is 0 Å². The van der Waals surface area contributed by atoms with Crippen molar-refractivity contribution in [3.63, 3.8) is 0 Å². The van der Waals surface area contributed by atoms with Crippen LogP contribution in [0.15, 0.2) is 41.3 Å².